The summed E-state index contributed by atoms with van der Waals surface area (Å²) in [6.07, 6.45) is 5.85. The largest absolute Gasteiger partial charge is 0.356 e. The predicted molar refractivity (Wildman–Crippen MR) is 85.1 cm³/mol. The topological polar surface area (TPSA) is 42.0 Å². The lowest BCUT2D eigenvalue weighted by molar-refractivity contribution is -0.121. The zero-order chi connectivity index (χ0) is 14.2. The number of unbranched alkanes of at least 4 members (excludes halogenated alkanes) is 2. The van der Waals surface area contributed by atoms with Gasteiger partial charge in [-0.25, -0.2) is 4.98 Å². The van der Waals surface area contributed by atoms with Gasteiger partial charge in [-0.1, -0.05) is 31.9 Å². The molecule has 0 aliphatic heterocycles. The molecule has 0 spiro atoms. The predicted octanol–water partition coefficient (Wildman–Crippen LogP) is 3.93. The van der Waals surface area contributed by atoms with Crippen LogP contribution in [0, 0.1) is 0 Å². The molecule has 3 nitrogen and oxygen atoms in total. The van der Waals surface area contributed by atoms with Crippen LogP contribution in [0.25, 0.3) is 10.2 Å². The molecule has 0 saturated carbocycles. The van der Waals surface area contributed by atoms with Crippen molar-refractivity contribution < 1.29 is 4.79 Å². The van der Waals surface area contributed by atoms with Gasteiger partial charge < -0.3 is 5.32 Å². The van der Waals surface area contributed by atoms with Crippen molar-refractivity contribution in [1.82, 2.24) is 10.3 Å². The third-order valence-corrected chi connectivity index (χ3v) is 4.33. The fraction of sp³-hybridized carbons (Fsp3) is 0.500. The number of hydrogen-bond acceptors (Lipinski definition) is 3. The number of aromatic nitrogens is 1. The highest BCUT2D eigenvalue weighted by Gasteiger charge is 2.04. The first-order chi connectivity index (χ1) is 9.79. The Labute approximate surface area is 124 Å². The summed E-state index contributed by atoms with van der Waals surface area (Å²) < 4.78 is 1.24. The van der Waals surface area contributed by atoms with Crippen LogP contribution in [0.2, 0.25) is 0 Å². The molecular formula is C16H22N2OS. The summed E-state index contributed by atoms with van der Waals surface area (Å²) in [5, 5.41) is 4.14. The van der Waals surface area contributed by atoms with E-state index < -0.39 is 0 Å². The number of nitrogens with one attached hydrogen (secondary N) is 1. The summed E-state index contributed by atoms with van der Waals surface area (Å²) in [6, 6.07) is 8.21. The van der Waals surface area contributed by atoms with Crippen molar-refractivity contribution in [2.24, 2.45) is 0 Å². The van der Waals surface area contributed by atoms with Gasteiger partial charge in [-0.2, -0.15) is 0 Å². The molecule has 0 atom stereocenters. The third kappa shape index (κ3) is 4.60. The Kier molecular flexibility index (Phi) is 5.99. The quantitative estimate of drug-likeness (QED) is 0.749. The van der Waals surface area contributed by atoms with Crippen LogP contribution in [-0.2, 0) is 11.2 Å². The van der Waals surface area contributed by atoms with E-state index in [0.29, 0.717) is 6.42 Å². The maximum absolute atomic E-state index is 11.5. The van der Waals surface area contributed by atoms with Gasteiger partial charge in [-0.15, -0.1) is 11.3 Å². The first kappa shape index (κ1) is 15.0. The van der Waals surface area contributed by atoms with E-state index in [-0.39, 0.29) is 5.91 Å². The van der Waals surface area contributed by atoms with E-state index in [2.05, 4.69) is 23.3 Å². The van der Waals surface area contributed by atoms with E-state index in [1.807, 2.05) is 18.2 Å². The Bertz CT molecular complexity index is 517. The first-order valence-electron chi connectivity index (χ1n) is 7.40. The smallest absolute Gasteiger partial charge is 0.219 e. The van der Waals surface area contributed by atoms with Crippen LogP contribution in [0.4, 0.5) is 0 Å². The molecule has 108 valence electrons. The summed E-state index contributed by atoms with van der Waals surface area (Å²) >= 11 is 1.75. The minimum atomic E-state index is 0.183. The number of hydrogen-bond donors (Lipinski definition) is 1. The number of para-hydroxylation sites is 1. The zero-order valence-electron chi connectivity index (χ0n) is 12.0. The van der Waals surface area contributed by atoms with Gasteiger partial charge in [-0.3, -0.25) is 4.79 Å². The van der Waals surface area contributed by atoms with Crippen molar-refractivity contribution in [3.63, 3.8) is 0 Å². The van der Waals surface area contributed by atoms with E-state index in [9.17, 15) is 4.79 Å². The van der Waals surface area contributed by atoms with E-state index in [1.165, 1.54) is 4.70 Å². The van der Waals surface area contributed by atoms with Crippen molar-refractivity contribution in [3.8, 4) is 0 Å². The van der Waals surface area contributed by atoms with Gasteiger partial charge in [0, 0.05) is 19.4 Å². The van der Waals surface area contributed by atoms with Crippen molar-refractivity contribution in [2.45, 2.75) is 45.4 Å². The molecule has 0 bridgehead atoms. The molecule has 1 heterocycles. The first-order valence-corrected chi connectivity index (χ1v) is 8.22. The second-order valence-electron chi connectivity index (χ2n) is 4.99. The molecule has 1 amide bonds. The maximum atomic E-state index is 11.5. The van der Waals surface area contributed by atoms with Crippen LogP contribution in [0.3, 0.4) is 0 Å². The highest BCUT2D eigenvalue weighted by Crippen LogP contribution is 2.22. The zero-order valence-corrected chi connectivity index (χ0v) is 12.8. The van der Waals surface area contributed by atoms with Gasteiger partial charge >= 0.3 is 0 Å². The van der Waals surface area contributed by atoms with Crippen LogP contribution in [-0.4, -0.2) is 17.4 Å². The van der Waals surface area contributed by atoms with Crippen molar-refractivity contribution in [1.29, 1.82) is 0 Å². The summed E-state index contributed by atoms with van der Waals surface area (Å²) in [6.45, 7) is 2.90. The molecule has 2 rings (SSSR count). The van der Waals surface area contributed by atoms with Gasteiger partial charge in [0.05, 0.1) is 15.2 Å². The van der Waals surface area contributed by atoms with Crippen LogP contribution in [0.1, 0.15) is 44.0 Å². The number of carbonyl (C=O) groups excluding carboxylic acids is 1. The molecule has 0 unspecified atom stereocenters. The molecule has 0 radical (unpaired) electrons. The molecule has 20 heavy (non-hydrogen) atoms. The lowest BCUT2D eigenvalue weighted by Crippen LogP contribution is -2.24. The second kappa shape index (κ2) is 8.00. The van der Waals surface area contributed by atoms with Crippen molar-refractivity contribution in [3.05, 3.63) is 29.3 Å². The number of carbonyl (C=O) groups is 1. The van der Waals surface area contributed by atoms with Crippen LogP contribution < -0.4 is 5.32 Å². The van der Waals surface area contributed by atoms with Crippen LogP contribution >= 0.6 is 11.3 Å². The lowest BCUT2D eigenvalue weighted by Gasteiger charge is -2.03. The Balaban J connectivity index is 1.67. The molecule has 0 saturated heterocycles. The van der Waals surface area contributed by atoms with E-state index in [4.69, 9.17) is 0 Å². The van der Waals surface area contributed by atoms with Crippen LogP contribution in [0.15, 0.2) is 24.3 Å². The number of aryl methyl sites for hydroxylation is 1. The van der Waals surface area contributed by atoms with Gasteiger partial charge in [-0.05, 0) is 25.0 Å². The minimum Gasteiger partial charge on any atom is -0.356 e. The van der Waals surface area contributed by atoms with Gasteiger partial charge in [0.1, 0.15) is 0 Å². The fourth-order valence-electron chi connectivity index (χ4n) is 2.12. The highest BCUT2D eigenvalue weighted by atomic mass is 32.1. The van der Waals surface area contributed by atoms with E-state index in [1.54, 1.807) is 11.3 Å². The molecule has 0 fully saturated rings. The van der Waals surface area contributed by atoms with Crippen molar-refractivity contribution >= 4 is 27.5 Å². The summed E-state index contributed by atoms with van der Waals surface area (Å²) in [7, 11) is 0. The number of thiazole rings is 1. The molecule has 0 aliphatic rings. The maximum Gasteiger partial charge on any atom is 0.219 e. The van der Waals surface area contributed by atoms with Gasteiger partial charge in [0.15, 0.2) is 0 Å². The fourth-order valence-corrected chi connectivity index (χ4v) is 3.13. The summed E-state index contributed by atoms with van der Waals surface area (Å²) in [5.74, 6) is 0.183. The Hall–Kier alpha value is -1.42. The van der Waals surface area contributed by atoms with E-state index >= 15 is 0 Å². The van der Waals surface area contributed by atoms with E-state index in [0.717, 1.165) is 49.2 Å². The average Bonchev–Trinajstić information content (AvgIpc) is 2.86. The van der Waals surface area contributed by atoms with Crippen LogP contribution in [0.5, 0.6) is 0 Å². The molecule has 1 N–H and O–H groups in total. The number of nitrogens with zero attached hydrogens (tertiary/aromatic N) is 1. The number of fused-ring (bicyclic) bond motifs is 1. The second-order valence-corrected chi connectivity index (χ2v) is 6.10. The minimum absolute atomic E-state index is 0.183. The molecule has 0 aliphatic carbocycles. The number of rotatable bonds is 8. The molecule has 1 aromatic carbocycles. The molecule has 2 aromatic rings. The SMILES string of the molecule is CCCCCC(=O)NCCCc1nc2ccccc2s1. The summed E-state index contributed by atoms with van der Waals surface area (Å²) in [4.78, 5) is 16.1. The summed E-state index contributed by atoms with van der Waals surface area (Å²) in [5.41, 5.74) is 1.08. The van der Waals surface area contributed by atoms with Gasteiger partial charge in [0.25, 0.3) is 0 Å². The third-order valence-electron chi connectivity index (χ3n) is 3.24. The lowest BCUT2D eigenvalue weighted by atomic mass is 10.2. The average molecular weight is 290 g/mol. The Morgan fingerprint density at radius 2 is 2.10 bits per heavy atom. The standard InChI is InChI=1S/C16H22N2OS/c1-2-3-4-10-15(19)17-12-7-11-16-18-13-8-5-6-9-14(13)20-16/h5-6,8-9H,2-4,7,10-12H2,1H3,(H,17,19). The monoisotopic (exact) mass is 290 g/mol. The van der Waals surface area contributed by atoms with Gasteiger partial charge in [0.2, 0.25) is 5.91 Å². The molecule has 1 aromatic heterocycles. The number of amides is 1. The molecular weight excluding hydrogens is 268 g/mol. The normalized spacial score (nSPS) is 10.8. The Morgan fingerprint density at radius 3 is 2.90 bits per heavy atom. The Morgan fingerprint density at radius 1 is 1.25 bits per heavy atom. The molecule has 4 heteroatoms. The number of benzene rings is 1. The highest BCUT2D eigenvalue weighted by molar-refractivity contribution is 7.18. The van der Waals surface area contributed by atoms with Crippen molar-refractivity contribution in [2.75, 3.05) is 6.54 Å².